The van der Waals surface area contributed by atoms with E-state index < -0.39 is 0 Å². The fourth-order valence-corrected chi connectivity index (χ4v) is 0.459. The van der Waals surface area contributed by atoms with Gasteiger partial charge in [-0.25, -0.2) is 4.68 Å². The van der Waals surface area contributed by atoms with Crippen LogP contribution < -0.4 is 0 Å². The van der Waals surface area contributed by atoms with Crippen LogP contribution in [0.3, 0.4) is 0 Å². The van der Waals surface area contributed by atoms with E-state index in [-0.39, 0.29) is 0 Å². The standard InChI is InChI=1S/C3H5N3S/c7-3-6-2-1-4-5-6/h1-2,7H,3H2. The lowest BCUT2D eigenvalue weighted by Gasteiger charge is -1.84. The van der Waals surface area contributed by atoms with Crippen molar-refractivity contribution in [1.29, 1.82) is 0 Å². The van der Waals surface area contributed by atoms with Crippen LogP contribution in [0.1, 0.15) is 0 Å². The molecule has 0 atom stereocenters. The van der Waals surface area contributed by atoms with E-state index in [0.29, 0.717) is 5.88 Å². The van der Waals surface area contributed by atoms with Gasteiger partial charge in [0.25, 0.3) is 0 Å². The molecule has 0 N–H and O–H groups in total. The zero-order valence-corrected chi connectivity index (χ0v) is 4.55. The molecule has 0 saturated carbocycles. The fourth-order valence-electron chi connectivity index (χ4n) is 0.308. The van der Waals surface area contributed by atoms with Gasteiger partial charge in [0.05, 0.1) is 12.1 Å². The maximum atomic E-state index is 3.94. The first kappa shape index (κ1) is 4.64. The third kappa shape index (κ3) is 0.928. The zero-order valence-electron chi connectivity index (χ0n) is 3.65. The van der Waals surface area contributed by atoms with Gasteiger partial charge in [-0.2, -0.15) is 12.6 Å². The first-order valence-corrected chi connectivity index (χ1v) is 2.51. The summed E-state index contributed by atoms with van der Waals surface area (Å²) in [6, 6.07) is 0. The summed E-state index contributed by atoms with van der Waals surface area (Å²) in [6.07, 6.45) is 3.38. The van der Waals surface area contributed by atoms with E-state index in [1.165, 1.54) is 0 Å². The topological polar surface area (TPSA) is 30.7 Å². The van der Waals surface area contributed by atoms with E-state index in [9.17, 15) is 0 Å². The minimum Gasteiger partial charge on any atom is -0.243 e. The van der Waals surface area contributed by atoms with Crippen LogP contribution in [-0.2, 0) is 5.88 Å². The molecule has 0 amide bonds. The number of hydrogen-bond donors (Lipinski definition) is 1. The van der Waals surface area contributed by atoms with Crippen LogP contribution in [0.4, 0.5) is 0 Å². The molecule has 0 saturated heterocycles. The van der Waals surface area contributed by atoms with E-state index in [2.05, 4.69) is 22.9 Å². The van der Waals surface area contributed by atoms with E-state index in [1.807, 2.05) is 0 Å². The summed E-state index contributed by atoms with van der Waals surface area (Å²) in [5.74, 6) is 0.597. The molecule has 38 valence electrons. The number of hydrogen-bond acceptors (Lipinski definition) is 3. The van der Waals surface area contributed by atoms with Gasteiger partial charge in [-0.15, -0.1) is 5.10 Å². The van der Waals surface area contributed by atoms with Crippen molar-refractivity contribution in [3.8, 4) is 0 Å². The van der Waals surface area contributed by atoms with E-state index in [1.54, 1.807) is 17.1 Å². The van der Waals surface area contributed by atoms with Crippen LogP contribution in [0.15, 0.2) is 12.4 Å². The Kier molecular flexibility index (Phi) is 1.31. The van der Waals surface area contributed by atoms with Crippen LogP contribution in [0.5, 0.6) is 0 Å². The predicted molar refractivity (Wildman–Crippen MR) is 29.0 cm³/mol. The van der Waals surface area contributed by atoms with Gasteiger partial charge in [-0.1, -0.05) is 5.21 Å². The van der Waals surface area contributed by atoms with Crippen molar-refractivity contribution in [3.63, 3.8) is 0 Å². The van der Waals surface area contributed by atoms with Crippen LogP contribution in [0.2, 0.25) is 0 Å². The smallest absolute Gasteiger partial charge is 0.0852 e. The molecule has 7 heavy (non-hydrogen) atoms. The summed E-state index contributed by atoms with van der Waals surface area (Å²) in [6.45, 7) is 0. The third-order valence-corrected chi connectivity index (χ3v) is 0.907. The summed E-state index contributed by atoms with van der Waals surface area (Å²) >= 11 is 3.94. The maximum Gasteiger partial charge on any atom is 0.0852 e. The second-order valence-electron chi connectivity index (χ2n) is 1.08. The molecule has 0 radical (unpaired) electrons. The summed E-state index contributed by atoms with van der Waals surface area (Å²) in [5.41, 5.74) is 0. The Balaban J connectivity index is 2.76. The van der Waals surface area contributed by atoms with Crippen molar-refractivity contribution in [3.05, 3.63) is 12.4 Å². The molecule has 1 aromatic heterocycles. The van der Waals surface area contributed by atoms with Crippen molar-refractivity contribution in [1.82, 2.24) is 15.0 Å². The first-order chi connectivity index (χ1) is 3.43. The molecule has 1 heterocycles. The summed E-state index contributed by atoms with van der Waals surface area (Å²) in [7, 11) is 0. The SMILES string of the molecule is SCn1ccnn1. The molecule has 0 aliphatic carbocycles. The van der Waals surface area contributed by atoms with Crippen LogP contribution >= 0.6 is 12.6 Å². The highest BCUT2D eigenvalue weighted by Gasteiger charge is 1.79. The minimum absolute atomic E-state index is 0.597. The largest absolute Gasteiger partial charge is 0.243 e. The third-order valence-electron chi connectivity index (χ3n) is 0.617. The Bertz CT molecular complexity index is 125. The molecular formula is C3H5N3S. The first-order valence-electron chi connectivity index (χ1n) is 1.88. The highest BCUT2D eigenvalue weighted by atomic mass is 32.1. The Labute approximate surface area is 46.7 Å². The lowest BCUT2D eigenvalue weighted by molar-refractivity contribution is 0.704. The lowest BCUT2D eigenvalue weighted by Crippen LogP contribution is -1.90. The average molecular weight is 115 g/mol. The molecular weight excluding hydrogens is 110 g/mol. The van der Waals surface area contributed by atoms with E-state index >= 15 is 0 Å². The Morgan fingerprint density at radius 3 is 2.86 bits per heavy atom. The highest BCUT2D eigenvalue weighted by Crippen LogP contribution is 1.81. The molecule has 4 heteroatoms. The molecule has 3 nitrogen and oxygen atoms in total. The van der Waals surface area contributed by atoms with Gasteiger partial charge in [0, 0.05) is 6.20 Å². The zero-order chi connectivity index (χ0) is 5.11. The van der Waals surface area contributed by atoms with Crippen LogP contribution in [0.25, 0.3) is 0 Å². The molecule has 0 unspecified atom stereocenters. The van der Waals surface area contributed by atoms with Crippen molar-refractivity contribution < 1.29 is 0 Å². The fraction of sp³-hybridized carbons (Fsp3) is 0.333. The molecule has 1 aromatic rings. The second-order valence-corrected chi connectivity index (χ2v) is 1.37. The van der Waals surface area contributed by atoms with Crippen LogP contribution in [0, 0.1) is 0 Å². The molecule has 0 spiro atoms. The molecule has 0 bridgehead atoms. The number of nitrogens with zero attached hydrogens (tertiary/aromatic N) is 3. The van der Waals surface area contributed by atoms with Gasteiger partial charge >= 0.3 is 0 Å². The van der Waals surface area contributed by atoms with Crippen molar-refractivity contribution in [2.45, 2.75) is 5.88 Å². The van der Waals surface area contributed by atoms with Gasteiger partial charge in [-0.05, 0) is 0 Å². The average Bonchev–Trinajstić information content (AvgIpc) is 2.14. The van der Waals surface area contributed by atoms with Crippen molar-refractivity contribution >= 4 is 12.6 Å². The Morgan fingerprint density at radius 2 is 2.57 bits per heavy atom. The molecule has 1 rings (SSSR count). The predicted octanol–water partition coefficient (Wildman–Crippen LogP) is 0.165. The lowest BCUT2D eigenvalue weighted by atomic mass is 10.9. The van der Waals surface area contributed by atoms with Gasteiger partial charge in [0.1, 0.15) is 0 Å². The second kappa shape index (κ2) is 1.97. The summed E-state index contributed by atoms with van der Waals surface area (Å²) in [4.78, 5) is 0. The normalized spacial score (nSPS) is 9.29. The number of aromatic nitrogens is 3. The molecule has 0 aromatic carbocycles. The van der Waals surface area contributed by atoms with Gasteiger partial charge in [-0.3, -0.25) is 0 Å². The van der Waals surface area contributed by atoms with Crippen molar-refractivity contribution in [2.24, 2.45) is 0 Å². The molecule has 0 aliphatic heterocycles. The summed E-state index contributed by atoms with van der Waals surface area (Å²) < 4.78 is 1.63. The Morgan fingerprint density at radius 1 is 1.71 bits per heavy atom. The number of rotatable bonds is 1. The molecule has 0 fully saturated rings. The maximum absolute atomic E-state index is 3.94. The summed E-state index contributed by atoms with van der Waals surface area (Å²) in [5, 5.41) is 7.18. The monoisotopic (exact) mass is 115 g/mol. The highest BCUT2D eigenvalue weighted by molar-refractivity contribution is 7.79. The molecule has 0 aliphatic rings. The quantitative estimate of drug-likeness (QED) is 0.529. The Hall–Kier alpha value is -0.510. The van der Waals surface area contributed by atoms with Crippen molar-refractivity contribution in [2.75, 3.05) is 0 Å². The van der Waals surface area contributed by atoms with E-state index in [0.717, 1.165) is 0 Å². The van der Waals surface area contributed by atoms with E-state index in [4.69, 9.17) is 0 Å². The minimum atomic E-state index is 0.597. The van der Waals surface area contributed by atoms with Crippen LogP contribution in [-0.4, -0.2) is 15.0 Å². The van der Waals surface area contributed by atoms with Gasteiger partial charge in [0.2, 0.25) is 0 Å². The number of thiol groups is 1. The van der Waals surface area contributed by atoms with Gasteiger partial charge < -0.3 is 0 Å². The van der Waals surface area contributed by atoms with Gasteiger partial charge in [0.15, 0.2) is 0 Å².